The van der Waals surface area contributed by atoms with E-state index in [0.29, 0.717) is 30.7 Å². The van der Waals surface area contributed by atoms with E-state index < -0.39 is 5.97 Å². The third-order valence-corrected chi connectivity index (χ3v) is 3.81. The summed E-state index contributed by atoms with van der Waals surface area (Å²) in [4.78, 5) is 23.1. The molecule has 2 N–H and O–H groups in total. The minimum atomic E-state index is -0.755. The van der Waals surface area contributed by atoms with E-state index in [9.17, 15) is 9.59 Å². The summed E-state index contributed by atoms with van der Waals surface area (Å²) in [6.07, 6.45) is 4.66. The van der Waals surface area contributed by atoms with Gasteiger partial charge in [0, 0.05) is 13.0 Å². The molecule has 1 aliphatic rings. The molecule has 5 heteroatoms. The monoisotopic (exact) mass is 265 g/mol. The standard InChI is InChI=1S/C14H19NO4/c1-2-12-11(6-7-19-12)13(16)15-8-9-4-3-5-10(9)14(17)18/h6-7,9-10H,2-5,8H2,1H3,(H,15,16)(H,17,18). The van der Waals surface area contributed by atoms with Gasteiger partial charge >= 0.3 is 5.97 Å². The number of amides is 1. The highest BCUT2D eigenvalue weighted by molar-refractivity contribution is 5.95. The summed E-state index contributed by atoms with van der Waals surface area (Å²) in [5.74, 6) is -0.552. The molecule has 0 spiro atoms. The zero-order valence-corrected chi connectivity index (χ0v) is 11.0. The van der Waals surface area contributed by atoms with Gasteiger partial charge in [-0.2, -0.15) is 0 Å². The molecule has 1 aromatic rings. The molecular formula is C14H19NO4. The maximum Gasteiger partial charge on any atom is 0.306 e. The van der Waals surface area contributed by atoms with Gasteiger partial charge in [0.25, 0.3) is 5.91 Å². The number of furan rings is 1. The fraction of sp³-hybridized carbons (Fsp3) is 0.571. The van der Waals surface area contributed by atoms with Gasteiger partial charge in [-0.1, -0.05) is 13.3 Å². The average molecular weight is 265 g/mol. The highest BCUT2D eigenvalue weighted by Crippen LogP contribution is 2.31. The van der Waals surface area contributed by atoms with Gasteiger partial charge in [0.1, 0.15) is 5.76 Å². The van der Waals surface area contributed by atoms with E-state index in [1.54, 1.807) is 6.07 Å². The molecule has 1 aromatic heterocycles. The Morgan fingerprint density at radius 1 is 1.47 bits per heavy atom. The predicted molar refractivity (Wildman–Crippen MR) is 68.9 cm³/mol. The molecule has 0 radical (unpaired) electrons. The topological polar surface area (TPSA) is 79.5 Å². The summed E-state index contributed by atoms with van der Waals surface area (Å²) < 4.78 is 5.21. The second-order valence-electron chi connectivity index (χ2n) is 4.96. The van der Waals surface area contributed by atoms with Crippen molar-refractivity contribution in [3.8, 4) is 0 Å². The maximum atomic E-state index is 12.0. The number of hydrogen-bond acceptors (Lipinski definition) is 3. The van der Waals surface area contributed by atoms with Gasteiger partial charge in [0.05, 0.1) is 17.7 Å². The Kier molecular flexibility index (Phi) is 4.24. The fourth-order valence-corrected chi connectivity index (χ4v) is 2.74. The van der Waals surface area contributed by atoms with Crippen molar-refractivity contribution in [3.63, 3.8) is 0 Å². The van der Waals surface area contributed by atoms with Crippen LogP contribution < -0.4 is 5.32 Å². The van der Waals surface area contributed by atoms with Gasteiger partial charge in [-0.15, -0.1) is 0 Å². The van der Waals surface area contributed by atoms with Crippen LogP contribution in [-0.4, -0.2) is 23.5 Å². The minimum Gasteiger partial charge on any atom is -0.481 e. The molecule has 2 unspecified atom stereocenters. The molecule has 1 aliphatic carbocycles. The summed E-state index contributed by atoms with van der Waals surface area (Å²) >= 11 is 0. The largest absolute Gasteiger partial charge is 0.481 e. The summed E-state index contributed by atoms with van der Waals surface area (Å²) in [6, 6.07) is 1.65. The summed E-state index contributed by atoms with van der Waals surface area (Å²) in [6.45, 7) is 2.34. The van der Waals surface area contributed by atoms with Crippen molar-refractivity contribution in [3.05, 3.63) is 23.7 Å². The van der Waals surface area contributed by atoms with Crippen molar-refractivity contribution >= 4 is 11.9 Å². The molecule has 19 heavy (non-hydrogen) atoms. The Morgan fingerprint density at radius 3 is 2.95 bits per heavy atom. The van der Waals surface area contributed by atoms with Crippen LogP contribution in [0.15, 0.2) is 16.7 Å². The van der Waals surface area contributed by atoms with Crippen LogP contribution in [0.3, 0.4) is 0 Å². The first kappa shape index (κ1) is 13.6. The van der Waals surface area contributed by atoms with Gasteiger partial charge in [-0.05, 0) is 24.8 Å². The molecule has 5 nitrogen and oxygen atoms in total. The molecular weight excluding hydrogens is 246 g/mol. The number of nitrogens with one attached hydrogen (secondary N) is 1. The van der Waals surface area contributed by atoms with Crippen LogP contribution in [0.1, 0.15) is 42.3 Å². The van der Waals surface area contributed by atoms with Crippen molar-refractivity contribution in [1.82, 2.24) is 5.32 Å². The van der Waals surface area contributed by atoms with Crippen LogP contribution in [0.25, 0.3) is 0 Å². The van der Waals surface area contributed by atoms with Crippen LogP contribution in [0.4, 0.5) is 0 Å². The van der Waals surface area contributed by atoms with Gasteiger partial charge in [-0.25, -0.2) is 0 Å². The summed E-state index contributed by atoms with van der Waals surface area (Å²) in [5, 5.41) is 11.9. The second kappa shape index (κ2) is 5.91. The van der Waals surface area contributed by atoms with Gasteiger partial charge in [0.2, 0.25) is 0 Å². The van der Waals surface area contributed by atoms with E-state index in [4.69, 9.17) is 9.52 Å². The van der Waals surface area contributed by atoms with E-state index >= 15 is 0 Å². The lowest BCUT2D eigenvalue weighted by atomic mass is 9.96. The lowest BCUT2D eigenvalue weighted by Gasteiger charge is -2.16. The van der Waals surface area contributed by atoms with Crippen LogP contribution in [0, 0.1) is 11.8 Å². The van der Waals surface area contributed by atoms with E-state index in [1.165, 1.54) is 6.26 Å². The first-order valence-corrected chi connectivity index (χ1v) is 6.70. The van der Waals surface area contributed by atoms with Gasteiger partial charge in [0.15, 0.2) is 0 Å². The highest BCUT2D eigenvalue weighted by Gasteiger charge is 2.33. The lowest BCUT2D eigenvalue weighted by molar-refractivity contribution is -0.142. The second-order valence-corrected chi connectivity index (χ2v) is 4.96. The normalized spacial score (nSPS) is 22.4. The van der Waals surface area contributed by atoms with Crippen LogP contribution in [-0.2, 0) is 11.2 Å². The zero-order chi connectivity index (χ0) is 13.8. The Hall–Kier alpha value is -1.78. The maximum absolute atomic E-state index is 12.0. The highest BCUT2D eigenvalue weighted by atomic mass is 16.4. The van der Waals surface area contributed by atoms with E-state index in [-0.39, 0.29) is 17.7 Å². The SMILES string of the molecule is CCc1occc1C(=O)NCC1CCCC1C(=O)O. The van der Waals surface area contributed by atoms with E-state index in [1.807, 2.05) is 6.92 Å². The summed E-state index contributed by atoms with van der Waals surface area (Å²) in [7, 11) is 0. The average Bonchev–Trinajstić information content (AvgIpc) is 3.04. The first-order chi connectivity index (χ1) is 9.13. The number of carboxylic acid groups (broad SMARTS) is 1. The third-order valence-electron chi connectivity index (χ3n) is 3.81. The molecule has 1 amide bonds. The molecule has 0 bridgehead atoms. The van der Waals surface area contributed by atoms with Gasteiger partial charge in [-0.3, -0.25) is 9.59 Å². The molecule has 104 valence electrons. The fourth-order valence-electron chi connectivity index (χ4n) is 2.74. The Balaban J connectivity index is 1.92. The number of hydrogen-bond donors (Lipinski definition) is 2. The predicted octanol–water partition coefficient (Wildman–Crippen LogP) is 2.07. The Labute approximate surface area is 112 Å². The quantitative estimate of drug-likeness (QED) is 0.854. The van der Waals surface area contributed by atoms with E-state index in [0.717, 1.165) is 12.8 Å². The van der Waals surface area contributed by atoms with Crippen LogP contribution >= 0.6 is 0 Å². The Morgan fingerprint density at radius 2 is 2.26 bits per heavy atom. The zero-order valence-electron chi connectivity index (χ0n) is 11.0. The molecule has 0 saturated heterocycles. The molecule has 2 rings (SSSR count). The van der Waals surface area contributed by atoms with Crippen molar-refractivity contribution in [1.29, 1.82) is 0 Å². The number of aryl methyl sites for hydroxylation is 1. The number of rotatable bonds is 5. The lowest BCUT2D eigenvalue weighted by Crippen LogP contribution is -2.33. The molecule has 0 aliphatic heterocycles. The Bertz CT molecular complexity index is 466. The molecule has 1 fully saturated rings. The molecule has 1 saturated carbocycles. The molecule has 1 heterocycles. The van der Waals surface area contributed by atoms with Gasteiger partial charge < -0.3 is 14.8 Å². The summed E-state index contributed by atoms with van der Waals surface area (Å²) in [5.41, 5.74) is 0.548. The number of carbonyl (C=O) groups is 2. The minimum absolute atomic E-state index is 0.0402. The number of aliphatic carboxylic acids is 1. The smallest absolute Gasteiger partial charge is 0.306 e. The number of carbonyl (C=O) groups excluding carboxylic acids is 1. The van der Waals surface area contributed by atoms with E-state index in [2.05, 4.69) is 5.32 Å². The molecule has 2 atom stereocenters. The van der Waals surface area contributed by atoms with Crippen LogP contribution in [0.2, 0.25) is 0 Å². The third kappa shape index (κ3) is 2.97. The first-order valence-electron chi connectivity index (χ1n) is 6.70. The van der Waals surface area contributed by atoms with Crippen molar-refractivity contribution in [2.45, 2.75) is 32.6 Å². The van der Waals surface area contributed by atoms with Crippen molar-refractivity contribution in [2.24, 2.45) is 11.8 Å². The molecule has 0 aromatic carbocycles. The van der Waals surface area contributed by atoms with Crippen LogP contribution in [0.5, 0.6) is 0 Å². The van der Waals surface area contributed by atoms with Crippen molar-refractivity contribution in [2.75, 3.05) is 6.54 Å². The van der Waals surface area contributed by atoms with Crippen molar-refractivity contribution < 1.29 is 19.1 Å². The number of carboxylic acids is 1.